The minimum absolute atomic E-state index is 0.154. The largest absolute Gasteiger partial charge is 0.707 e. The van der Waals surface area contributed by atoms with Crippen molar-refractivity contribution in [3.05, 3.63) is 54.1 Å². The molecule has 0 bridgehead atoms. The summed E-state index contributed by atoms with van der Waals surface area (Å²) in [7, 11) is -0.474. The SMILES string of the molecule is COc1cccc(OCc2ccccc2)c1OB(O)O. The highest BCUT2D eigenvalue weighted by molar-refractivity contribution is 6.34. The first kappa shape index (κ1) is 14.2. The molecule has 0 amide bonds. The lowest BCUT2D eigenvalue weighted by Gasteiger charge is -2.15. The van der Waals surface area contributed by atoms with Gasteiger partial charge in [-0.3, -0.25) is 0 Å². The summed E-state index contributed by atoms with van der Waals surface area (Å²) >= 11 is 0. The summed E-state index contributed by atoms with van der Waals surface area (Å²) in [5.74, 6) is 0.894. The van der Waals surface area contributed by atoms with Crippen molar-refractivity contribution >= 4 is 7.32 Å². The molecule has 20 heavy (non-hydrogen) atoms. The van der Waals surface area contributed by atoms with Crippen LogP contribution in [0.3, 0.4) is 0 Å². The summed E-state index contributed by atoms with van der Waals surface area (Å²) in [4.78, 5) is 0. The van der Waals surface area contributed by atoms with Crippen LogP contribution < -0.4 is 14.1 Å². The molecule has 2 aromatic carbocycles. The van der Waals surface area contributed by atoms with Crippen molar-refractivity contribution in [3.8, 4) is 17.2 Å². The Morgan fingerprint density at radius 1 is 0.950 bits per heavy atom. The predicted molar refractivity (Wildman–Crippen MR) is 74.6 cm³/mol. The van der Waals surface area contributed by atoms with E-state index in [1.165, 1.54) is 7.11 Å². The Kier molecular flexibility index (Phi) is 4.87. The van der Waals surface area contributed by atoms with E-state index in [1.54, 1.807) is 18.2 Å². The van der Waals surface area contributed by atoms with Crippen LogP contribution in [0, 0.1) is 0 Å². The third kappa shape index (κ3) is 3.66. The quantitative estimate of drug-likeness (QED) is 0.783. The van der Waals surface area contributed by atoms with Crippen molar-refractivity contribution < 1.29 is 24.2 Å². The van der Waals surface area contributed by atoms with E-state index < -0.39 is 7.32 Å². The second-order valence-electron chi connectivity index (χ2n) is 4.01. The summed E-state index contributed by atoms with van der Waals surface area (Å²) in [6.45, 7) is 0.339. The number of hydrogen-bond acceptors (Lipinski definition) is 5. The zero-order chi connectivity index (χ0) is 14.4. The lowest BCUT2D eigenvalue weighted by molar-refractivity contribution is 0.254. The maximum atomic E-state index is 8.96. The molecule has 2 N–H and O–H groups in total. The number of benzene rings is 2. The van der Waals surface area contributed by atoms with Crippen LogP contribution in [0.25, 0.3) is 0 Å². The lowest BCUT2D eigenvalue weighted by Crippen LogP contribution is -2.21. The van der Waals surface area contributed by atoms with E-state index >= 15 is 0 Å². The third-order valence-corrected chi connectivity index (χ3v) is 2.62. The Labute approximate surface area is 117 Å². The summed E-state index contributed by atoms with van der Waals surface area (Å²) in [5, 5.41) is 17.9. The molecule has 0 aliphatic rings. The van der Waals surface area contributed by atoms with Crippen molar-refractivity contribution in [1.82, 2.24) is 0 Å². The molecular formula is C14H15BO5. The number of para-hydroxylation sites is 1. The molecule has 0 heterocycles. The Balaban J connectivity index is 2.18. The summed E-state index contributed by atoms with van der Waals surface area (Å²) in [6.07, 6.45) is 0. The van der Waals surface area contributed by atoms with Crippen molar-refractivity contribution in [1.29, 1.82) is 0 Å². The van der Waals surface area contributed by atoms with Gasteiger partial charge in [-0.05, 0) is 17.7 Å². The van der Waals surface area contributed by atoms with Gasteiger partial charge in [-0.1, -0.05) is 36.4 Å². The van der Waals surface area contributed by atoms with Gasteiger partial charge in [0.2, 0.25) is 0 Å². The molecule has 0 aromatic heterocycles. The number of ether oxygens (including phenoxy) is 2. The van der Waals surface area contributed by atoms with E-state index in [9.17, 15) is 0 Å². The third-order valence-electron chi connectivity index (χ3n) is 2.62. The molecule has 0 saturated carbocycles. The predicted octanol–water partition coefficient (Wildman–Crippen LogP) is 1.62. The number of methoxy groups -OCH3 is 1. The minimum Gasteiger partial charge on any atom is -0.506 e. The highest BCUT2D eigenvalue weighted by Crippen LogP contribution is 2.37. The van der Waals surface area contributed by atoms with Crippen molar-refractivity contribution in [3.63, 3.8) is 0 Å². The second kappa shape index (κ2) is 6.84. The van der Waals surface area contributed by atoms with E-state index in [2.05, 4.69) is 0 Å². The average molecular weight is 274 g/mol. The Hall–Kier alpha value is -2.18. The van der Waals surface area contributed by atoms with Crippen LogP contribution in [0.2, 0.25) is 0 Å². The van der Waals surface area contributed by atoms with Crippen LogP contribution in [0.15, 0.2) is 48.5 Å². The van der Waals surface area contributed by atoms with Gasteiger partial charge in [0, 0.05) is 0 Å². The fourth-order valence-corrected chi connectivity index (χ4v) is 1.73. The Morgan fingerprint density at radius 3 is 2.30 bits per heavy atom. The fourth-order valence-electron chi connectivity index (χ4n) is 1.73. The Bertz CT molecular complexity index is 545. The summed E-state index contributed by atoms with van der Waals surface area (Å²) in [6, 6.07) is 14.7. The first-order chi connectivity index (χ1) is 9.70. The molecule has 0 fully saturated rings. The fraction of sp³-hybridized carbons (Fsp3) is 0.143. The summed E-state index contributed by atoms with van der Waals surface area (Å²) < 4.78 is 15.7. The lowest BCUT2D eigenvalue weighted by atomic mass is 10.2. The van der Waals surface area contributed by atoms with E-state index in [0.717, 1.165) is 5.56 Å². The first-order valence-corrected chi connectivity index (χ1v) is 6.07. The van der Waals surface area contributed by atoms with Gasteiger partial charge in [0.05, 0.1) is 7.11 Å². The van der Waals surface area contributed by atoms with E-state index in [4.69, 9.17) is 24.2 Å². The van der Waals surface area contributed by atoms with E-state index in [0.29, 0.717) is 18.1 Å². The number of hydrogen-bond donors (Lipinski definition) is 2. The van der Waals surface area contributed by atoms with Crippen molar-refractivity contribution in [2.24, 2.45) is 0 Å². The molecule has 0 saturated heterocycles. The second-order valence-corrected chi connectivity index (χ2v) is 4.01. The maximum Gasteiger partial charge on any atom is 0.707 e. The number of rotatable bonds is 6. The zero-order valence-electron chi connectivity index (χ0n) is 11.0. The molecular weight excluding hydrogens is 259 g/mol. The highest BCUT2D eigenvalue weighted by Gasteiger charge is 2.19. The van der Waals surface area contributed by atoms with Crippen LogP contribution in [-0.2, 0) is 6.61 Å². The molecule has 2 aromatic rings. The van der Waals surface area contributed by atoms with Gasteiger partial charge in [0.1, 0.15) is 6.61 Å². The van der Waals surface area contributed by atoms with Crippen LogP contribution in [-0.4, -0.2) is 24.5 Å². The molecule has 0 aliphatic heterocycles. The van der Waals surface area contributed by atoms with Gasteiger partial charge >= 0.3 is 7.32 Å². The van der Waals surface area contributed by atoms with Gasteiger partial charge in [-0.15, -0.1) is 0 Å². The average Bonchev–Trinajstić information content (AvgIpc) is 2.46. The molecule has 0 atom stereocenters. The standard InChI is InChI=1S/C14H15BO5/c1-18-12-8-5-9-13(14(12)20-15(16)17)19-10-11-6-3-2-4-7-11/h2-9,16-17H,10H2,1H3. The Morgan fingerprint density at radius 2 is 1.65 bits per heavy atom. The molecule has 0 radical (unpaired) electrons. The van der Waals surface area contributed by atoms with Gasteiger partial charge in [0.25, 0.3) is 0 Å². The molecule has 2 rings (SSSR count). The molecule has 0 spiro atoms. The van der Waals surface area contributed by atoms with Gasteiger partial charge in [-0.2, -0.15) is 0 Å². The molecule has 104 valence electrons. The van der Waals surface area contributed by atoms with Gasteiger partial charge < -0.3 is 24.2 Å². The van der Waals surface area contributed by atoms with Crippen LogP contribution in [0.1, 0.15) is 5.56 Å². The molecule has 5 nitrogen and oxygen atoms in total. The smallest absolute Gasteiger partial charge is 0.506 e. The topological polar surface area (TPSA) is 68.2 Å². The normalized spacial score (nSPS) is 9.95. The van der Waals surface area contributed by atoms with Crippen LogP contribution >= 0.6 is 0 Å². The molecule has 0 unspecified atom stereocenters. The minimum atomic E-state index is -1.94. The molecule has 0 aliphatic carbocycles. The summed E-state index contributed by atoms with van der Waals surface area (Å²) in [5.41, 5.74) is 0.991. The van der Waals surface area contributed by atoms with Crippen molar-refractivity contribution in [2.45, 2.75) is 6.61 Å². The first-order valence-electron chi connectivity index (χ1n) is 6.07. The van der Waals surface area contributed by atoms with Gasteiger partial charge in [0.15, 0.2) is 17.2 Å². The monoisotopic (exact) mass is 274 g/mol. The van der Waals surface area contributed by atoms with Gasteiger partial charge in [-0.25, -0.2) is 0 Å². The molecule has 6 heteroatoms. The van der Waals surface area contributed by atoms with E-state index in [1.807, 2.05) is 30.3 Å². The highest BCUT2D eigenvalue weighted by atomic mass is 16.6. The van der Waals surface area contributed by atoms with Crippen LogP contribution in [0.5, 0.6) is 17.2 Å². The maximum absolute atomic E-state index is 8.96. The van der Waals surface area contributed by atoms with E-state index in [-0.39, 0.29) is 5.75 Å². The van der Waals surface area contributed by atoms with Crippen molar-refractivity contribution in [2.75, 3.05) is 7.11 Å². The zero-order valence-corrected chi connectivity index (χ0v) is 11.0. The van der Waals surface area contributed by atoms with Crippen LogP contribution in [0.4, 0.5) is 0 Å².